The molecule has 0 aliphatic heterocycles. The number of aliphatic hydroxyl groups is 2. The summed E-state index contributed by atoms with van der Waals surface area (Å²) in [5, 5.41) is 23.9. The molecule has 4 rings (SSSR count). The number of carbonyl (C=O) groups excluding carboxylic acids is 2. The molecule has 0 amide bonds. The van der Waals surface area contributed by atoms with E-state index in [1.165, 1.54) is 0 Å². The van der Waals surface area contributed by atoms with Crippen molar-refractivity contribution in [3.8, 4) is 0 Å². The molecule has 7 atom stereocenters. The van der Waals surface area contributed by atoms with Crippen LogP contribution in [0.3, 0.4) is 0 Å². The standard InChI is InChI=1S/C21H27NO5/c1-19-7-5-13(24)9-12(19)3-4-14-15-6-8-21(22-27,17(26)11-23)20(15,2)10-16(25)18(14)19/h5,7,9,14-16,18,23,25H,3-4,6,8,10-11H2,1-2H3/t14-,15?,16-,18?,19-,20?,21-/m0/s1. The van der Waals surface area contributed by atoms with Crippen molar-refractivity contribution in [2.75, 3.05) is 6.61 Å². The van der Waals surface area contributed by atoms with Gasteiger partial charge in [0.2, 0.25) is 0 Å². The van der Waals surface area contributed by atoms with Gasteiger partial charge in [-0.25, -0.2) is 0 Å². The summed E-state index contributed by atoms with van der Waals surface area (Å²) in [6.45, 7) is 3.28. The maximum absolute atomic E-state index is 12.5. The van der Waals surface area contributed by atoms with Gasteiger partial charge in [-0.1, -0.05) is 30.7 Å². The average Bonchev–Trinajstić information content (AvgIpc) is 2.94. The van der Waals surface area contributed by atoms with Crippen molar-refractivity contribution in [3.05, 3.63) is 28.7 Å². The third-order valence-electron chi connectivity index (χ3n) is 8.41. The van der Waals surface area contributed by atoms with Gasteiger partial charge >= 0.3 is 0 Å². The maximum Gasteiger partial charge on any atom is 0.189 e. The van der Waals surface area contributed by atoms with E-state index in [9.17, 15) is 24.7 Å². The van der Waals surface area contributed by atoms with Crippen LogP contribution in [0.4, 0.5) is 0 Å². The minimum atomic E-state index is -1.45. The fourth-order valence-corrected chi connectivity index (χ4v) is 7.12. The fraction of sp³-hybridized carbons (Fsp3) is 0.714. The summed E-state index contributed by atoms with van der Waals surface area (Å²) in [5.41, 5.74) is -1.50. The third-order valence-corrected chi connectivity index (χ3v) is 8.41. The number of fused-ring (bicyclic) bond motifs is 5. The molecule has 0 heterocycles. The van der Waals surface area contributed by atoms with Gasteiger partial charge in [0.1, 0.15) is 6.61 Å². The van der Waals surface area contributed by atoms with Crippen LogP contribution >= 0.6 is 0 Å². The number of nitrogens with zero attached hydrogens (tertiary/aromatic N) is 1. The van der Waals surface area contributed by atoms with Crippen molar-refractivity contribution in [1.29, 1.82) is 0 Å². The summed E-state index contributed by atoms with van der Waals surface area (Å²) in [7, 11) is 0. The van der Waals surface area contributed by atoms with Crippen molar-refractivity contribution in [2.45, 2.75) is 57.6 Å². The fourth-order valence-electron chi connectivity index (χ4n) is 7.12. The molecule has 2 N–H and O–H groups in total. The van der Waals surface area contributed by atoms with Crippen molar-refractivity contribution in [2.24, 2.45) is 33.8 Å². The molecule has 0 saturated heterocycles. The number of carbonyl (C=O) groups is 2. The Bertz CT molecular complexity index is 773. The molecule has 4 aliphatic carbocycles. The van der Waals surface area contributed by atoms with Gasteiger partial charge in [0.15, 0.2) is 17.1 Å². The summed E-state index contributed by atoms with van der Waals surface area (Å²) in [4.78, 5) is 36.2. The Morgan fingerprint density at radius 2 is 2.07 bits per heavy atom. The van der Waals surface area contributed by atoms with Gasteiger partial charge in [0, 0.05) is 16.7 Å². The molecule has 0 radical (unpaired) electrons. The minimum absolute atomic E-state index is 0.00496. The van der Waals surface area contributed by atoms with Crippen LogP contribution in [-0.4, -0.2) is 40.0 Å². The molecule has 6 nitrogen and oxygen atoms in total. The summed E-state index contributed by atoms with van der Waals surface area (Å²) in [6, 6.07) is 0. The number of ketones is 2. The SMILES string of the molecule is CC12C[C@H](O)C3[C@@H](CCC4=CC(=O)C=C[C@@]43C)C1CC[C@]2(N=O)C(=O)CO. The number of hydrogen-bond donors (Lipinski definition) is 2. The second-order valence-electron chi connectivity index (χ2n) is 9.28. The monoisotopic (exact) mass is 373 g/mol. The number of allylic oxidation sites excluding steroid dienone is 4. The first-order valence-electron chi connectivity index (χ1n) is 9.84. The lowest BCUT2D eigenvalue weighted by Gasteiger charge is -2.59. The smallest absolute Gasteiger partial charge is 0.189 e. The summed E-state index contributed by atoms with van der Waals surface area (Å²) < 4.78 is 0. The highest BCUT2D eigenvalue weighted by molar-refractivity contribution is 6.01. The lowest BCUT2D eigenvalue weighted by molar-refractivity contribution is -0.144. The Balaban J connectivity index is 1.77. The van der Waals surface area contributed by atoms with Gasteiger partial charge in [-0.15, -0.1) is 4.91 Å². The van der Waals surface area contributed by atoms with E-state index in [-0.39, 0.29) is 29.0 Å². The lowest BCUT2D eigenvalue weighted by atomic mass is 9.46. The van der Waals surface area contributed by atoms with E-state index in [1.54, 1.807) is 12.2 Å². The zero-order chi connectivity index (χ0) is 19.6. The van der Waals surface area contributed by atoms with Gasteiger partial charge in [-0.2, -0.15) is 0 Å². The quantitative estimate of drug-likeness (QED) is 0.739. The Labute approximate surface area is 158 Å². The van der Waals surface area contributed by atoms with Gasteiger partial charge < -0.3 is 10.2 Å². The molecular formula is C21H27NO5. The van der Waals surface area contributed by atoms with E-state index in [4.69, 9.17) is 0 Å². The molecule has 27 heavy (non-hydrogen) atoms. The highest BCUT2D eigenvalue weighted by Gasteiger charge is 2.69. The molecule has 0 bridgehead atoms. The van der Waals surface area contributed by atoms with Crippen LogP contribution in [0.5, 0.6) is 0 Å². The molecule has 3 unspecified atom stereocenters. The Morgan fingerprint density at radius 1 is 1.33 bits per heavy atom. The second kappa shape index (κ2) is 5.92. The first-order valence-corrected chi connectivity index (χ1v) is 9.84. The Morgan fingerprint density at radius 3 is 2.74 bits per heavy atom. The van der Waals surface area contributed by atoms with E-state index in [0.717, 1.165) is 18.4 Å². The number of aliphatic hydroxyl groups excluding tert-OH is 2. The van der Waals surface area contributed by atoms with Gasteiger partial charge in [0.05, 0.1) is 6.10 Å². The normalized spacial score (nSPS) is 48.3. The first-order chi connectivity index (χ1) is 12.7. The Hall–Kier alpha value is -1.66. The van der Waals surface area contributed by atoms with Crippen molar-refractivity contribution >= 4 is 11.6 Å². The number of hydrogen-bond acceptors (Lipinski definition) is 6. The average molecular weight is 373 g/mol. The number of Topliss-reactive ketones (excluding diaryl/α,β-unsaturated/α-hetero) is 1. The van der Waals surface area contributed by atoms with Gasteiger partial charge in [0.25, 0.3) is 0 Å². The van der Waals surface area contributed by atoms with Crippen molar-refractivity contribution in [1.82, 2.24) is 0 Å². The predicted octanol–water partition coefficient (Wildman–Crippen LogP) is 2.33. The zero-order valence-corrected chi connectivity index (χ0v) is 15.9. The summed E-state index contributed by atoms with van der Waals surface area (Å²) in [6.07, 6.45) is 7.47. The minimum Gasteiger partial charge on any atom is -0.393 e. The van der Waals surface area contributed by atoms with Crippen LogP contribution in [-0.2, 0) is 9.59 Å². The van der Waals surface area contributed by atoms with Crippen LogP contribution in [0, 0.1) is 33.5 Å². The topological polar surface area (TPSA) is 104 Å². The van der Waals surface area contributed by atoms with E-state index in [0.29, 0.717) is 19.3 Å². The maximum atomic E-state index is 12.5. The van der Waals surface area contributed by atoms with Crippen LogP contribution in [0.15, 0.2) is 29.0 Å². The largest absolute Gasteiger partial charge is 0.393 e. The van der Waals surface area contributed by atoms with E-state index >= 15 is 0 Å². The van der Waals surface area contributed by atoms with Crippen molar-refractivity contribution in [3.63, 3.8) is 0 Å². The first kappa shape index (κ1) is 18.7. The molecule has 0 aromatic heterocycles. The number of rotatable bonds is 3. The molecule has 146 valence electrons. The summed E-state index contributed by atoms with van der Waals surface area (Å²) in [5.74, 6) is -0.350. The second-order valence-corrected chi connectivity index (χ2v) is 9.28. The highest BCUT2D eigenvalue weighted by Crippen LogP contribution is 2.67. The third kappa shape index (κ3) is 2.20. The molecular weight excluding hydrogens is 346 g/mol. The van der Waals surface area contributed by atoms with Crippen LogP contribution in [0.2, 0.25) is 0 Å². The predicted molar refractivity (Wildman–Crippen MR) is 98.6 cm³/mol. The van der Waals surface area contributed by atoms with E-state index < -0.39 is 29.4 Å². The highest BCUT2D eigenvalue weighted by atomic mass is 16.3. The van der Waals surface area contributed by atoms with Crippen LogP contribution in [0.1, 0.15) is 46.0 Å². The Kier molecular flexibility index (Phi) is 4.10. The molecule has 0 spiro atoms. The molecule has 0 aromatic carbocycles. The lowest BCUT2D eigenvalue weighted by Crippen LogP contribution is -2.61. The molecule has 3 fully saturated rings. The van der Waals surface area contributed by atoms with Crippen LogP contribution in [0.25, 0.3) is 0 Å². The molecule has 6 heteroatoms. The van der Waals surface area contributed by atoms with Gasteiger partial charge in [-0.3, -0.25) is 9.59 Å². The van der Waals surface area contributed by atoms with E-state index in [2.05, 4.69) is 12.1 Å². The summed E-state index contributed by atoms with van der Waals surface area (Å²) >= 11 is 0. The molecule has 4 aliphatic rings. The van der Waals surface area contributed by atoms with E-state index in [1.807, 2.05) is 13.0 Å². The molecule has 3 saturated carbocycles. The molecule has 0 aromatic rings. The zero-order valence-electron chi connectivity index (χ0n) is 15.9. The van der Waals surface area contributed by atoms with Crippen molar-refractivity contribution < 1.29 is 19.8 Å². The number of nitroso groups, excluding NO2 is 1. The van der Waals surface area contributed by atoms with Gasteiger partial charge in [-0.05, 0) is 56.1 Å². The van der Waals surface area contributed by atoms with Crippen LogP contribution < -0.4 is 0 Å².